The summed E-state index contributed by atoms with van der Waals surface area (Å²) in [6.45, 7) is 2.18. The van der Waals surface area contributed by atoms with Crippen molar-refractivity contribution in [1.29, 1.82) is 0 Å². The fourth-order valence-electron chi connectivity index (χ4n) is 2.83. The van der Waals surface area contributed by atoms with Crippen LogP contribution in [0.1, 0.15) is 17.0 Å². The molecule has 0 spiro atoms. The van der Waals surface area contributed by atoms with Crippen molar-refractivity contribution in [3.05, 3.63) is 47.7 Å². The molecule has 1 unspecified atom stereocenters. The van der Waals surface area contributed by atoms with E-state index in [9.17, 15) is 0 Å². The van der Waals surface area contributed by atoms with E-state index in [1.54, 1.807) is 0 Å². The zero-order valence-corrected chi connectivity index (χ0v) is 12.5. The quantitative estimate of drug-likeness (QED) is 0.913. The van der Waals surface area contributed by atoms with Crippen molar-refractivity contribution < 1.29 is 4.74 Å². The third-order valence-electron chi connectivity index (χ3n) is 3.91. The van der Waals surface area contributed by atoms with Gasteiger partial charge in [-0.2, -0.15) is 0 Å². The van der Waals surface area contributed by atoms with Gasteiger partial charge in [0.2, 0.25) is 0 Å². The van der Waals surface area contributed by atoms with E-state index in [1.165, 1.54) is 16.7 Å². The molecule has 1 heterocycles. The van der Waals surface area contributed by atoms with Crippen molar-refractivity contribution in [3.63, 3.8) is 0 Å². The van der Waals surface area contributed by atoms with Crippen LogP contribution in [0.4, 0.5) is 0 Å². The van der Waals surface area contributed by atoms with Crippen LogP contribution >= 0.6 is 0 Å². The number of likely N-dealkylation sites (N-methyl/N-ethyl adjacent to an activating group) is 1. The summed E-state index contributed by atoms with van der Waals surface area (Å²) in [5, 5.41) is 0. The Hall–Kier alpha value is -1.91. The van der Waals surface area contributed by atoms with Crippen LogP contribution in [0.3, 0.4) is 0 Å². The molecular formula is C17H21N3O. The van der Waals surface area contributed by atoms with E-state index in [1.807, 2.05) is 32.4 Å². The highest BCUT2D eigenvalue weighted by Crippen LogP contribution is 2.44. The Morgan fingerprint density at radius 1 is 1.24 bits per heavy atom. The molecule has 0 bridgehead atoms. The lowest BCUT2D eigenvalue weighted by Crippen LogP contribution is -2.19. The van der Waals surface area contributed by atoms with E-state index in [0.29, 0.717) is 13.2 Å². The largest absolute Gasteiger partial charge is 0.492 e. The average Bonchev–Trinajstić information content (AvgIpc) is 2.80. The van der Waals surface area contributed by atoms with Gasteiger partial charge in [0.15, 0.2) is 0 Å². The third kappa shape index (κ3) is 2.64. The number of ether oxygens (including phenoxy) is 1. The van der Waals surface area contributed by atoms with Crippen LogP contribution in [-0.2, 0) is 0 Å². The van der Waals surface area contributed by atoms with E-state index < -0.39 is 0 Å². The lowest BCUT2D eigenvalue weighted by molar-refractivity contribution is 0.261. The van der Waals surface area contributed by atoms with Crippen LogP contribution in [0.15, 0.2) is 36.5 Å². The molecule has 0 amide bonds. The summed E-state index contributed by atoms with van der Waals surface area (Å²) in [7, 11) is 4.08. The Morgan fingerprint density at radius 3 is 2.86 bits per heavy atom. The molecule has 4 heteroatoms. The smallest absolute Gasteiger partial charge is 0.119 e. The summed E-state index contributed by atoms with van der Waals surface area (Å²) in [4.78, 5) is 6.62. The molecule has 4 nitrogen and oxygen atoms in total. The number of nitrogens with zero attached hydrogens (tertiary/aromatic N) is 2. The maximum absolute atomic E-state index is 5.98. The van der Waals surface area contributed by atoms with Crippen LogP contribution < -0.4 is 10.5 Å². The highest BCUT2D eigenvalue weighted by Gasteiger charge is 2.28. The number of aromatic nitrogens is 1. The molecule has 2 aromatic rings. The Labute approximate surface area is 125 Å². The molecule has 1 atom stereocenters. The van der Waals surface area contributed by atoms with Gasteiger partial charge in [-0.25, -0.2) is 0 Å². The van der Waals surface area contributed by atoms with Gasteiger partial charge in [-0.3, -0.25) is 4.98 Å². The minimum Gasteiger partial charge on any atom is -0.492 e. The van der Waals surface area contributed by atoms with Crippen molar-refractivity contribution in [2.24, 2.45) is 5.73 Å². The van der Waals surface area contributed by atoms with Gasteiger partial charge >= 0.3 is 0 Å². The molecule has 3 rings (SSSR count). The molecule has 0 saturated carbocycles. The Bertz CT molecular complexity index is 640. The monoisotopic (exact) mass is 283 g/mol. The summed E-state index contributed by atoms with van der Waals surface area (Å²) in [6.07, 6.45) is 1.84. The van der Waals surface area contributed by atoms with Crippen LogP contribution in [0.25, 0.3) is 11.3 Å². The van der Waals surface area contributed by atoms with Gasteiger partial charge in [0.1, 0.15) is 12.4 Å². The summed E-state index contributed by atoms with van der Waals surface area (Å²) < 4.78 is 5.83. The predicted molar refractivity (Wildman–Crippen MR) is 84.6 cm³/mol. The fraction of sp³-hybridized carbons (Fsp3) is 0.353. The van der Waals surface area contributed by atoms with E-state index in [2.05, 4.69) is 28.1 Å². The van der Waals surface area contributed by atoms with Crippen molar-refractivity contribution in [3.8, 4) is 17.0 Å². The number of pyridine rings is 1. The van der Waals surface area contributed by atoms with Crippen LogP contribution in [-0.4, -0.2) is 43.7 Å². The van der Waals surface area contributed by atoms with Gasteiger partial charge < -0.3 is 15.4 Å². The summed E-state index contributed by atoms with van der Waals surface area (Å²) >= 11 is 0. The van der Waals surface area contributed by atoms with Gasteiger partial charge in [0.25, 0.3) is 0 Å². The maximum Gasteiger partial charge on any atom is 0.119 e. The molecule has 0 aliphatic heterocycles. The normalized spacial score (nSPS) is 15.9. The van der Waals surface area contributed by atoms with Crippen molar-refractivity contribution >= 4 is 0 Å². The highest BCUT2D eigenvalue weighted by atomic mass is 16.5. The zero-order valence-electron chi connectivity index (χ0n) is 12.5. The molecule has 21 heavy (non-hydrogen) atoms. The molecule has 1 aromatic carbocycles. The van der Waals surface area contributed by atoms with Crippen LogP contribution in [0.5, 0.6) is 5.75 Å². The number of hydrogen-bond acceptors (Lipinski definition) is 4. The molecular weight excluding hydrogens is 262 g/mol. The van der Waals surface area contributed by atoms with Gasteiger partial charge in [-0.05, 0) is 49.5 Å². The van der Waals surface area contributed by atoms with Gasteiger partial charge in [0.05, 0.1) is 5.69 Å². The van der Waals surface area contributed by atoms with E-state index in [0.717, 1.165) is 18.0 Å². The molecule has 1 aliphatic rings. The first kappa shape index (κ1) is 14.0. The Kier molecular flexibility index (Phi) is 3.90. The van der Waals surface area contributed by atoms with Crippen molar-refractivity contribution in [2.45, 2.75) is 5.92 Å². The number of fused-ring (bicyclic) bond motifs is 3. The molecule has 0 fully saturated rings. The summed E-state index contributed by atoms with van der Waals surface area (Å²) in [5.74, 6) is 1.13. The van der Waals surface area contributed by atoms with E-state index in [-0.39, 0.29) is 5.92 Å². The van der Waals surface area contributed by atoms with E-state index in [4.69, 9.17) is 10.5 Å². The van der Waals surface area contributed by atoms with Crippen molar-refractivity contribution in [1.82, 2.24) is 9.88 Å². The van der Waals surface area contributed by atoms with Gasteiger partial charge in [-0.15, -0.1) is 0 Å². The van der Waals surface area contributed by atoms with Crippen LogP contribution in [0.2, 0.25) is 0 Å². The predicted octanol–water partition coefficient (Wildman–Crippen LogP) is 2.09. The average molecular weight is 283 g/mol. The summed E-state index contributed by atoms with van der Waals surface area (Å²) in [5.41, 5.74) is 10.7. The third-order valence-corrected chi connectivity index (χ3v) is 3.91. The lowest BCUT2D eigenvalue weighted by atomic mass is 9.97. The minimum absolute atomic E-state index is 0.223. The topological polar surface area (TPSA) is 51.4 Å². The Balaban J connectivity index is 1.88. The SMILES string of the molecule is CN(C)CCOc1ccc2c(c1)C(CN)c1cccnc1-2. The minimum atomic E-state index is 0.223. The highest BCUT2D eigenvalue weighted by molar-refractivity contribution is 5.76. The second-order valence-electron chi connectivity index (χ2n) is 5.63. The second kappa shape index (κ2) is 5.84. The number of nitrogens with two attached hydrogens (primary N) is 1. The number of hydrogen-bond donors (Lipinski definition) is 1. The summed E-state index contributed by atoms with van der Waals surface area (Å²) in [6, 6.07) is 10.3. The van der Waals surface area contributed by atoms with Crippen LogP contribution in [0, 0.1) is 0 Å². The first-order valence-corrected chi connectivity index (χ1v) is 7.27. The Morgan fingerprint density at radius 2 is 2.10 bits per heavy atom. The van der Waals surface area contributed by atoms with Gasteiger partial charge in [-0.1, -0.05) is 6.07 Å². The molecule has 2 N–H and O–H groups in total. The maximum atomic E-state index is 5.98. The molecule has 110 valence electrons. The second-order valence-corrected chi connectivity index (χ2v) is 5.63. The zero-order chi connectivity index (χ0) is 14.8. The van der Waals surface area contributed by atoms with E-state index >= 15 is 0 Å². The molecule has 1 aliphatic carbocycles. The number of benzene rings is 1. The first-order valence-electron chi connectivity index (χ1n) is 7.27. The number of rotatable bonds is 5. The fourth-order valence-corrected chi connectivity index (χ4v) is 2.83. The first-order chi connectivity index (χ1) is 10.2. The standard InChI is InChI=1S/C17H21N3O/c1-20(2)8-9-21-12-5-6-14-15(10-12)16(11-18)13-4-3-7-19-17(13)14/h3-7,10,16H,8-9,11,18H2,1-2H3. The van der Waals surface area contributed by atoms with Gasteiger partial charge in [0, 0.05) is 30.8 Å². The molecule has 0 saturated heterocycles. The molecule has 0 radical (unpaired) electrons. The van der Waals surface area contributed by atoms with Crippen molar-refractivity contribution in [2.75, 3.05) is 33.8 Å². The molecule has 1 aromatic heterocycles. The lowest BCUT2D eigenvalue weighted by Gasteiger charge is -2.13.